The lowest BCUT2D eigenvalue weighted by molar-refractivity contribution is 0.138. The maximum Gasteiger partial charge on any atom is 0.196 e. The van der Waals surface area contributed by atoms with Gasteiger partial charge in [-0.15, -0.1) is 0 Å². The lowest BCUT2D eigenvalue weighted by Gasteiger charge is -2.35. The molecule has 1 fully saturated rings. The highest BCUT2D eigenvalue weighted by molar-refractivity contribution is 5.15. The molecule has 0 radical (unpaired) electrons. The van der Waals surface area contributed by atoms with Crippen LogP contribution >= 0.6 is 0 Å². The van der Waals surface area contributed by atoms with E-state index in [0.717, 1.165) is 24.7 Å². The van der Waals surface area contributed by atoms with Gasteiger partial charge < -0.3 is 4.42 Å². The molecular formula is C17H23N3O. The minimum atomic E-state index is 0.342. The van der Waals surface area contributed by atoms with Crippen molar-refractivity contribution in [1.29, 1.82) is 0 Å². The first-order valence-electron chi connectivity index (χ1n) is 7.82. The molecule has 0 aromatic carbocycles. The number of piperidine rings is 1. The van der Waals surface area contributed by atoms with Crippen LogP contribution in [-0.4, -0.2) is 21.4 Å². The fourth-order valence-electron chi connectivity index (χ4n) is 3.00. The Kier molecular flexibility index (Phi) is 4.34. The van der Waals surface area contributed by atoms with Crippen LogP contribution in [0.15, 0.2) is 35.2 Å². The Bertz CT molecular complexity index is 564. The van der Waals surface area contributed by atoms with Gasteiger partial charge in [0.2, 0.25) is 0 Å². The second-order valence-electron chi connectivity index (χ2n) is 6.10. The molecule has 1 atom stereocenters. The number of hydrogen-bond donors (Lipinski definition) is 0. The summed E-state index contributed by atoms with van der Waals surface area (Å²) in [6.45, 7) is 6.18. The van der Waals surface area contributed by atoms with Gasteiger partial charge >= 0.3 is 0 Å². The molecule has 4 heteroatoms. The molecule has 2 aromatic rings. The Morgan fingerprint density at radius 1 is 1.38 bits per heavy atom. The molecule has 1 aliphatic heterocycles. The molecule has 3 rings (SSSR count). The summed E-state index contributed by atoms with van der Waals surface area (Å²) >= 11 is 0. The van der Waals surface area contributed by atoms with Crippen LogP contribution in [0.1, 0.15) is 62.2 Å². The number of hydrogen-bond acceptors (Lipinski definition) is 4. The van der Waals surface area contributed by atoms with E-state index in [1.807, 2.05) is 24.7 Å². The first-order valence-corrected chi connectivity index (χ1v) is 7.82. The molecule has 2 aromatic heterocycles. The molecule has 4 nitrogen and oxygen atoms in total. The SMILES string of the molecule is CC(C)c1nc(CN2CCCC[C@@H]2c2cccnc2)co1. The van der Waals surface area contributed by atoms with Crippen molar-refractivity contribution in [3.05, 3.63) is 47.9 Å². The van der Waals surface area contributed by atoms with E-state index in [0.29, 0.717) is 12.0 Å². The van der Waals surface area contributed by atoms with Gasteiger partial charge in [-0.2, -0.15) is 0 Å². The van der Waals surface area contributed by atoms with Crippen molar-refractivity contribution >= 4 is 0 Å². The molecule has 0 amide bonds. The number of likely N-dealkylation sites (tertiary alicyclic amines) is 1. The van der Waals surface area contributed by atoms with Crippen LogP contribution in [0.2, 0.25) is 0 Å². The van der Waals surface area contributed by atoms with E-state index >= 15 is 0 Å². The maximum atomic E-state index is 5.56. The first kappa shape index (κ1) is 14.3. The second kappa shape index (κ2) is 6.39. The zero-order valence-corrected chi connectivity index (χ0v) is 12.8. The minimum absolute atomic E-state index is 0.342. The fraction of sp³-hybridized carbons (Fsp3) is 0.529. The maximum absolute atomic E-state index is 5.56. The van der Waals surface area contributed by atoms with E-state index in [2.05, 4.69) is 34.8 Å². The van der Waals surface area contributed by atoms with Crippen LogP contribution in [0, 0.1) is 0 Å². The summed E-state index contributed by atoms with van der Waals surface area (Å²) in [5.41, 5.74) is 2.35. The smallest absolute Gasteiger partial charge is 0.196 e. The van der Waals surface area contributed by atoms with E-state index in [4.69, 9.17) is 4.42 Å². The lowest BCUT2D eigenvalue weighted by atomic mass is 9.96. The van der Waals surface area contributed by atoms with Crippen molar-refractivity contribution in [2.24, 2.45) is 0 Å². The number of rotatable bonds is 4. The predicted molar refractivity (Wildman–Crippen MR) is 81.8 cm³/mol. The Morgan fingerprint density at radius 3 is 3.00 bits per heavy atom. The Labute approximate surface area is 126 Å². The topological polar surface area (TPSA) is 42.2 Å². The number of pyridine rings is 1. The zero-order chi connectivity index (χ0) is 14.7. The highest BCUT2D eigenvalue weighted by Crippen LogP contribution is 2.31. The monoisotopic (exact) mass is 285 g/mol. The molecule has 1 aliphatic rings. The molecule has 1 saturated heterocycles. The molecule has 3 heterocycles. The summed E-state index contributed by atoms with van der Waals surface area (Å²) in [6.07, 6.45) is 9.37. The summed E-state index contributed by atoms with van der Waals surface area (Å²) in [7, 11) is 0. The molecule has 0 unspecified atom stereocenters. The molecule has 112 valence electrons. The van der Waals surface area contributed by atoms with Crippen molar-refractivity contribution < 1.29 is 4.42 Å². The molecular weight excluding hydrogens is 262 g/mol. The van der Waals surface area contributed by atoms with E-state index in [-0.39, 0.29) is 0 Å². The first-order chi connectivity index (χ1) is 10.2. The normalized spacial score (nSPS) is 20.0. The number of nitrogens with zero attached hydrogens (tertiary/aromatic N) is 3. The second-order valence-corrected chi connectivity index (χ2v) is 6.10. The largest absolute Gasteiger partial charge is 0.448 e. The quantitative estimate of drug-likeness (QED) is 0.854. The van der Waals surface area contributed by atoms with Crippen LogP contribution in [0.5, 0.6) is 0 Å². The Morgan fingerprint density at radius 2 is 2.29 bits per heavy atom. The predicted octanol–water partition coefficient (Wildman–Crippen LogP) is 3.92. The summed E-state index contributed by atoms with van der Waals surface area (Å²) < 4.78 is 5.56. The summed E-state index contributed by atoms with van der Waals surface area (Å²) in [4.78, 5) is 11.4. The number of aromatic nitrogens is 2. The Hall–Kier alpha value is -1.68. The van der Waals surface area contributed by atoms with Crippen molar-refractivity contribution in [2.45, 2.75) is 51.6 Å². The molecule has 0 saturated carbocycles. The molecule has 0 N–H and O–H groups in total. The Balaban J connectivity index is 1.75. The summed E-state index contributed by atoms with van der Waals surface area (Å²) in [5.74, 6) is 1.18. The molecule has 0 aliphatic carbocycles. The van der Waals surface area contributed by atoms with Gasteiger partial charge in [-0.05, 0) is 31.0 Å². The highest BCUT2D eigenvalue weighted by atomic mass is 16.3. The van der Waals surface area contributed by atoms with Crippen LogP contribution < -0.4 is 0 Å². The standard InChI is InChI=1S/C17H23N3O/c1-13(2)17-19-15(12-21-17)11-20-9-4-3-7-16(20)14-6-5-8-18-10-14/h5-6,8,10,12-13,16H,3-4,7,9,11H2,1-2H3/t16-/m1/s1. The van der Waals surface area contributed by atoms with Crippen molar-refractivity contribution in [2.75, 3.05) is 6.54 Å². The fourth-order valence-corrected chi connectivity index (χ4v) is 3.00. The van der Waals surface area contributed by atoms with Crippen molar-refractivity contribution in [1.82, 2.24) is 14.9 Å². The van der Waals surface area contributed by atoms with E-state index < -0.39 is 0 Å². The van der Waals surface area contributed by atoms with Crippen LogP contribution in [0.25, 0.3) is 0 Å². The third-order valence-corrected chi connectivity index (χ3v) is 4.11. The lowest BCUT2D eigenvalue weighted by Crippen LogP contribution is -2.33. The third kappa shape index (κ3) is 3.32. The van der Waals surface area contributed by atoms with Gasteiger partial charge in [0.25, 0.3) is 0 Å². The summed E-state index contributed by atoms with van der Waals surface area (Å²) in [5, 5.41) is 0. The van der Waals surface area contributed by atoms with Gasteiger partial charge in [-0.25, -0.2) is 4.98 Å². The average molecular weight is 285 g/mol. The summed E-state index contributed by atoms with van der Waals surface area (Å²) in [6, 6.07) is 4.65. The van der Waals surface area contributed by atoms with E-state index in [9.17, 15) is 0 Å². The van der Waals surface area contributed by atoms with E-state index in [1.54, 1.807) is 0 Å². The third-order valence-electron chi connectivity index (χ3n) is 4.11. The van der Waals surface area contributed by atoms with Gasteiger partial charge in [-0.1, -0.05) is 26.3 Å². The zero-order valence-electron chi connectivity index (χ0n) is 12.8. The van der Waals surface area contributed by atoms with Gasteiger partial charge in [0.05, 0.1) is 5.69 Å². The highest BCUT2D eigenvalue weighted by Gasteiger charge is 2.25. The van der Waals surface area contributed by atoms with Crippen LogP contribution in [-0.2, 0) is 6.54 Å². The van der Waals surface area contributed by atoms with Crippen molar-refractivity contribution in [3.63, 3.8) is 0 Å². The van der Waals surface area contributed by atoms with Gasteiger partial charge in [0, 0.05) is 30.9 Å². The van der Waals surface area contributed by atoms with Gasteiger partial charge in [0.1, 0.15) is 6.26 Å². The minimum Gasteiger partial charge on any atom is -0.448 e. The molecule has 0 spiro atoms. The average Bonchev–Trinajstić information content (AvgIpc) is 2.98. The van der Waals surface area contributed by atoms with Crippen LogP contribution in [0.3, 0.4) is 0 Å². The van der Waals surface area contributed by atoms with Crippen molar-refractivity contribution in [3.8, 4) is 0 Å². The van der Waals surface area contributed by atoms with E-state index in [1.165, 1.54) is 24.8 Å². The van der Waals surface area contributed by atoms with Gasteiger partial charge in [-0.3, -0.25) is 9.88 Å². The number of oxazole rings is 1. The molecule has 21 heavy (non-hydrogen) atoms. The van der Waals surface area contributed by atoms with Gasteiger partial charge in [0.15, 0.2) is 5.89 Å². The molecule has 0 bridgehead atoms. The van der Waals surface area contributed by atoms with Crippen LogP contribution in [0.4, 0.5) is 0 Å².